The summed E-state index contributed by atoms with van der Waals surface area (Å²) in [6.45, 7) is 0. The Balaban J connectivity index is 1.78. The van der Waals surface area contributed by atoms with Crippen molar-refractivity contribution in [2.45, 2.75) is 6.42 Å². The molecule has 1 saturated heterocycles. The quantitative estimate of drug-likeness (QED) is 0.589. The number of anilines is 1. The van der Waals surface area contributed by atoms with Gasteiger partial charge in [-0.15, -0.1) is 0 Å². The molecule has 1 aromatic rings. The number of halogens is 2. The number of allylic oxidation sites excluding steroid dienone is 2. The normalized spacial score (nSPS) is 34.2. The Kier molecular flexibility index (Phi) is 2.54. The molecule has 2 aliphatic carbocycles. The highest BCUT2D eigenvalue weighted by Gasteiger charge is 2.59. The Labute approximate surface area is 126 Å². The molecule has 4 atom stereocenters. The zero-order valence-corrected chi connectivity index (χ0v) is 11.9. The van der Waals surface area contributed by atoms with E-state index in [0.29, 0.717) is 15.7 Å². The molecule has 0 aromatic heterocycles. The van der Waals surface area contributed by atoms with Crippen LogP contribution >= 0.6 is 23.2 Å². The molecule has 4 rings (SSSR count). The lowest BCUT2D eigenvalue weighted by molar-refractivity contribution is -0.123. The molecule has 20 heavy (non-hydrogen) atoms. The van der Waals surface area contributed by atoms with E-state index < -0.39 is 0 Å². The lowest BCUT2D eigenvalue weighted by Crippen LogP contribution is -2.32. The van der Waals surface area contributed by atoms with Gasteiger partial charge in [-0.1, -0.05) is 35.4 Å². The standard InChI is InChI=1S/C15H11Cl2NO2/c16-9-4-10(17)6-11(5-9)18-14(19)12-7-1-2-8(3-7)13(12)15(18)20/h1-2,4-8,12-13H,3H2/t7-,8-,12-,13+/m0/s1. The highest BCUT2D eigenvalue weighted by Crippen LogP contribution is 2.53. The van der Waals surface area contributed by atoms with Crippen molar-refractivity contribution in [3.05, 3.63) is 40.4 Å². The van der Waals surface area contributed by atoms with Crippen molar-refractivity contribution in [1.82, 2.24) is 0 Å². The first kappa shape index (κ1) is 12.4. The van der Waals surface area contributed by atoms with Crippen LogP contribution in [0.1, 0.15) is 6.42 Å². The zero-order chi connectivity index (χ0) is 14.0. The third-order valence-corrected chi connectivity index (χ3v) is 5.01. The van der Waals surface area contributed by atoms with Crippen LogP contribution in [-0.2, 0) is 9.59 Å². The van der Waals surface area contributed by atoms with E-state index in [1.807, 2.05) is 0 Å². The monoisotopic (exact) mass is 307 g/mol. The van der Waals surface area contributed by atoms with Gasteiger partial charge in [0.25, 0.3) is 0 Å². The highest BCUT2D eigenvalue weighted by atomic mass is 35.5. The van der Waals surface area contributed by atoms with Crippen LogP contribution in [0.25, 0.3) is 0 Å². The SMILES string of the molecule is O=C1[C@@H]2[C@H](C(=O)N1c1cc(Cl)cc(Cl)c1)[C@H]1C=C[C@H]2C1. The van der Waals surface area contributed by atoms with Gasteiger partial charge >= 0.3 is 0 Å². The van der Waals surface area contributed by atoms with Gasteiger partial charge in [0.1, 0.15) is 0 Å². The van der Waals surface area contributed by atoms with E-state index in [9.17, 15) is 9.59 Å². The van der Waals surface area contributed by atoms with Crippen LogP contribution < -0.4 is 4.90 Å². The molecule has 3 nitrogen and oxygen atoms in total. The molecule has 2 fully saturated rings. The van der Waals surface area contributed by atoms with Gasteiger partial charge in [-0.25, -0.2) is 4.90 Å². The lowest BCUT2D eigenvalue weighted by Gasteiger charge is -2.17. The summed E-state index contributed by atoms with van der Waals surface area (Å²) < 4.78 is 0. The molecule has 2 amide bonds. The summed E-state index contributed by atoms with van der Waals surface area (Å²) in [5, 5.41) is 0.845. The number of nitrogens with zero attached hydrogens (tertiary/aromatic N) is 1. The molecule has 1 aromatic carbocycles. The maximum atomic E-state index is 12.6. The summed E-state index contributed by atoms with van der Waals surface area (Å²) in [6.07, 6.45) is 5.08. The number of fused-ring (bicyclic) bond motifs is 5. The predicted octanol–water partition coefficient (Wildman–Crippen LogP) is 3.30. The lowest BCUT2D eigenvalue weighted by atomic mass is 9.85. The minimum Gasteiger partial charge on any atom is -0.274 e. The van der Waals surface area contributed by atoms with Gasteiger partial charge in [-0.05, 0) is 36.5 Å². The van der Waals surface area contributed by atoms with Crippen molar-refractivity contribution in [3.63, 3.8) is 0 Å². The van der Waals surface area contributed by atoms with E-state index in [-0.39, 0.29) is 35.5 Å². The molecule has 1 aliphatic heterocycles. The first-order valence-electron chi connectivity index (χ1n) is 6.58. The number of carbonyl (C=O) groups excluding carboxylic acids is 2. The Morgan fingerprint density at radius 1 is 0.900 bits per heavy atom. The maximum absolute atomic E-state index is 12.6. The van der Waals surface area contributed by atoms with Crippen molar-refractivity contribution < 1.29 is 9.59 Å². The second-order valence-corrected chi connectivity index (χ2v) is 6.51. The topological polar surface area (TPSA) is 37.4 Å². The van der Waals surface area contributed by atoms with Crippen molar-refractivity contribution in [2.24, 2.45) is 23.7 Å². The van der Waals surface area contributed by atoms with Gasteiger partial charge in [0.05, 0.1) is 17.5 Å². The first-order chi connectivity index (χ1) is 9.56. The van der Waals surface area contributed by atoms with Gasteiger partial charge in [0, 0.05) is 10.0 Å². The van der Waals surface area contributed by atoms with Crippen LogP contribution in [0, 0.1) is 23.7 Å². The van der Waals surface area contributed by atoms with Crippen molar-refractivity contribution in [2.75, 3.05) is 4.90 Å². The average molecular weight is 308 g/mol. The summed E-state index contributed by atoms with van der Waals surface area (Å²) in [5.74, 6) is -0.210. The summed E-state index contributed by atoms with van der Waals surface area (Å²) in [7, 11) is 0. The smallest absolute Gasteiger partial charge is 0.238 e. The fraction of sp³-hybridized carbons (Fsp3) is 0.333. The second kappa shape index (κ2) is 4.09. The fourth-order valence-corrected chi connectivity index (χ4v) is 4.34. The van der Waals surface area contributed by atoms with E-state index in [4.69, 9.17) is 23.2 Å². The number of amides is 2. The minimum atomic E-state index is -0.199. The molecule has 3 aliphatic rings. The zero-order valence-electron chi connectivity index (χ0n) is 10.4. The molecule has 0 radical (unpaired) electrons. The van der Waals surface area contributed by atoms with E-state index >= 15 is 0 Å². The molecular formula is C15H11Cl2NO2. The number of hydrogen-bond acceptors (Lipinski definition) is 2. The van der Waals surface area contributed by atoms with Crippen LogP contribution in [-0.4, -0.2) is 11.8 Å². The summed E-state index contributed by atoms with van der Waals surface area (Å²) in [4.78, 5) is 26.5. The minimum absolute atomic E-state index is 0.116. The second-order valence-electron chi connectivity index (χ2n) is 5.64. The summed E-state index contributed by atoms with van der Waals surface area (Å²) in [6, 6.07) is 4.81. The number of hydrogen-bond donors (Lipinski definition) is 0. The van der Waals surface area contributed by atoms with Gasteiger partial charge in [0.15, 0.2) is 0 Å². The van der Waals surface area contributed by atoms with E-state index in [1.165, 1.54) is 4.90 Å². The van der Waals surface area contributed by atoms with Crippen LogP contribution in [0.3, 0.4) is 0 Å². The van der Waals surface area contributed by atoms with E-state index in [2.05, 4.69) is 12.2 Å². The van der Waals surface area contributed by atoms with E-state index in [1.54, 1.807) is 18.2 Å². The molecule has 0 spiro atoms. The van der Waals surface area contributed by atoms with Crippen LogP contribution in [0.2, 0.25) is 10.0 Å². The molecule has 2 bridgehead atoms. The molecule has 0 unspecified atom stereocenters. The Morgan fingerprint density at radius 3 is 1.90 bits per heavy atom. The Hall–Kier alpha value is -1.32. The van der Waals surface area contributed by atoms with Gasteiger partial charge in [-0.2, -0.15) is 0 Å². The van der Waals surface area contributed by atoms with Crippen LogP contribution in [0.5, 0.6) is 0 Å². The molecule has 5 heteroatoms. The average Bonchev–Trinajstić information content (AvgIpc) is 3.02. The Morgan fingerprint density at radius 2 is 1.40 bits per heavy atom. The molecular weight excluding hydrogens is 297 g/mol. The number of imide groups is 1. The molecule has 102 valence electrons. The Bertz CT molecular complexity index is 620. The largest absolute Gasteiger partial charge is 0.274 e. The number of carbonyl (C=O) groups is 2. The summed E-state index contributed by atoms with van der Waals surface area (Å²) >= 11 is 11.9. The molecule has 1 saturated carbocycles. The van der Waals surface area contributed by atoms with Gasteiger partial charge in [0.2, 0.25) is 11.8 Å². The number of benzene rings is 1. The van der Waals surface area contributed by atoms with Gasteiger partial charge < -0.3 is 0 Å². The molecule has 1 heterocycles. The fourth-order valence-electron chi connectivity index (χ4n) is 3.83. The highest BCUT2D eigenvalue weighted by molar-refractivity contribution is 6.35. The summed E-state index contributed by atoms with van der Waals surface area (Å²) in [5.41, 5.74) is 0.478. The van der Waals surface area contributed by atoms with Crippen LogP contribution in [0.4, 0.5) is 5.69 Å². The third kappa shape index (κ3) is 1.54. The van der Waals surface area contributed by atoms with Crippen molar-refractivity contribution in [3.8, 4) is 0 Å². The van der Waals surface area contributed by atoms with Crippen molar-refractivity contribution in [1.29, 1.82) is 0 Å². The maximum Gasteiger partial charge on any atom is 0.238 e. The molecule has 0 N–H and O–H groups in total. The van der Waals surface area contributed by atoms with Crippen molar-refractivity contribution >= 4 is 40.7 Å². The van der Waals surface area contributed by atoms with Crippen LogP contribution in [0.15, 0.2) is 30.4 Å². The predicted molar refractivity (Wildman–Crippen MR) is 76.7 cm³/mol. The van der Waals surface area contributed by atoms with E-state index in [0.717, 1.165) is 6.42 Å². The van der Waals surface area contributed by atoms with Gasteiger partial charge in [-0.3, -0.25) is 9.59 Å². The first-order valence-corrected chi connectivity index (χ1v) is 7.34. The number of rotatable bonds is 1. The third-order valence-electron chi connectivity index (χ3n) is 4.58.